The van der Waals surface area contributed by atoms with Gasteiger partial charge in [0.05, 0.1) is 16.4 Å². The third-order valence-corrected chi connectivity index (χ3v) is 7.65. The standard InChI is InChI=1S/C27H40N6/c1-7-27(5,25-31-23-16-18(2)15-19(3)24(23)32-25)22-17-29-26(30-20(22)4)28-12-8-9-21-10-13-33(6)14-11-21/h15-17,21H,7-14H2,1-6H3,(H,31,32)(H,28,29,30). The Hall–Kier alpha value is -2.47. The van der Waals surface area contributed by atoms with Crippen molar-refractivity contribution in [1.82, 2.24) is 24.8 Å². The van der Waals surface area contributed by atoms with Gasteiger partial charge in [-0.2, -0.15) is 0 Å². The number of aromatic amines is 1. The van der Waals surface area contributed by atoms with Gasteiger partial charge in [0.15, 0.2) is 0 Å². The van der Waals surface area contributed by atoms with E-state index in [1.165, 1.54) is 49.9 Å². The number of hydrogen-bond donors (Lipinski definition) is 2. The van der Waals surface area contributed by atoms with Gasteiger partial charge >= 0.3 is 0 Å². The number of nitrogens with one attached hydrogen (secondary N) is 2. The monoisotopic (exact) mass is 448 g/mol. The van der Waals surface area contributed by atoms with Gasteiger partial charge in [0, 0.05) is 24.0 Å². The lowest BCUT2D eigenvalue weighted by Gasteiger charge is -2.29. The Balaban J connectivity index is 1.45. The molecule has 1 aliphatic heterocycles. The number of fused-ring (bicyclic) bond motifs is 1. The van der Waals surface area contributed by atoms with Crippen LogP contribution in [0.1, 0.15) is 74.2 Å². The Labute approximate surface area is 198 Å². The number of nitrogens with zero attached hydrogens (tertiary/aromatic N) is 4. The minimum atomic E-state index is -0.268. The number of imidazole rings is 1. The second-order valence-corrected chi connectivity index (χ2v) is 10.3. The van der Waals surface area contributed by atoms with Gasteiger partial charge in [-0.15, -0.1) is 0 Å². The first-order valence-corrected chi connectivity index (χ1v) is 12.5. The topological polar surface area (TPSA) is 69.7 Å². The number of piperidine rings is 1. The summed E-state index contributed by atoms with van der Waals surface area (Å²) in [6, 6.07) is 4.36. The van der Waals surface area contributed by atoms with Crippen molar-refractivity contribution < 1.29 is 0 Å². The highest BCUT2D eigenvalue weighted by atomic mass is 15.1. The molecule has 0 amide bonds. The molecule has 2 N–H and O–H groups in total. The lowest BCUT2D eigenvalue weighted by Crippen LogP contribution is -2.30. The third-order valence-electron chi connectivity index (χ3n) is 7.65. The summed E-state index contributed by atoms with van der Waals surface area (Å²) >= 11 is 0. The van der Waals surface area contributed by atoms with Crippen LogP contribution in [-0.2, 0) is 5.41 Å². The van der Waals surface area contributed by atoms with Crippen molar-refractivity contribution in [1.29, 1.82) is 0 Å². The number of hydrogen-bond acceptors (Lipinski definition) is 5. The molecule has 1 atom stereocenters. The molecule has 1 aromatic carbocycles. The third kappa shape index (κ3) is 5.06. The number of anilines is 1. The fourth-order valence-electron chi connectivity index (χ4n) is 5.25. The lowest BCUT2D eigenvalue weighted by molar-refractivity contribution is 0.211. The van der Waals surface area contributed by atoms with E-state index in [-0.39, 0.29) is 5.41 Å². The van der Waals surface area contributed by atoms with Crippen molar-refractivity contribution in [2.45, 2.75) is 72.1 Å². The highest BCUT2D eigenvalue weighted by molar-refractivity contribution is 5.80. The number of rotatable bonds is 8. The zero-order valence-corrected chi connectivity index (χ0v) is 21.3. The van der Waals surface area contributed by atoms with Crippen molar-refractivity contribution in [3.8, 4) is 0 Å². The number of aryl methyl sites for hydroxylation is 3. The molecule has 33 heavy (non-hydrogen) atoms. The van der Waals surface area contributed by atoms with E-state index in [4.69, 9.17) is 9.97 Å². The van der Waals surface area contributed by atoms with Crippen LogP contribution in [0.5, 0.6) is 0 Å². The van der Waals surface area contributed by atoms with Gasteiger partial charge in [0.1, 0.15) is 5.82 Å². The van der Waals surface area contributed by atoms with Crippen molar-refractivity contribution in [2.75, 3.05) is 32.0 Å². The van der Waals surface area contributed by atoms with E-state index in [2.05, 4.69) is 74.0 Å². The fraction of sp³-hybridized carbons (Fsp3) is 0.593. The van der Waals surface area contributed by atoms with Crippen LogP contribution in [0.2, 0.25) is 0 Å². The predicted molar refractivity (Wildman–Crippen MR) is 137 cm³/mol. The SMILES string of the molecule is CCC(C)(c1nc2cc(C)cc(C)c2[nH]1)c1cnc(NCCCC2CCN(C)CC2)nc1C. The Morgan fingerprint density at radius 2 is 1.91 bits per heavy atom. The van der Waals surface area contributed by atoms with Gasteiger partial charge in [-0.1, -0.05) is 13.0 Å². The summed E-state index contributed by atoms with van der Waals surface area (Å²) in [7, 11) is 2.22. The molecule has 0 spiro atoms. The van der Waals surface area contributed by atoms with Crippen molar-refractivity contribution >= 4 is 17.0 Å². The van der Waals surface area contributed by atoms with E-state index in [1.807, 2.05) is 6.20 Å². The van der Waals surface area contributed by atoms with E-state index in [1.54, 1.807) is 0 Å². The first kappa shape index (κ1) is 23.7. The van der Waals surface area contributed by atoms with Gasteiger partial charge in [-0.25, -0.2) is 15.0 Å². The molecule has 3 heterocycles. The van der Waals surface area contributed by atoms with E-state index in [0.717, 1.165) is 52.9 Å². The van der Waals surface area contributed by atoms with Crippen LogP contribution in [0.25, 0.3) is 11.0 Å². The zero-order chi connectivity index (χ0) is 23.6. The summed E-state index contributed by atoms with van der Waals surface area (Å²) in [5.41, 5.74) is 6.50. The molecule has 178 valence electrons. The molecule has 6 heteroatoms. The summed E-state index contributed by atoms with van der Waals surface area (Å²) < 4.78 is 0. The lowest BCUT2D eigenvalue weighted by atomic mass is 9.79. The van der Waals surface area contributed by atoms with Crippen LogP contribution in [0, 0.1) is 26.7 Å². The number of benzene rings is 1. The summed E-state index contributed by atoms with van der Waals surface area (Å²) in [5, 5.41) is 3.45. The second-order valence-electron chi connectivity index (χ2n) is 10.3. The smallest absolute Gasteiger partial charge is 0.222 e. The van der Waals surface area contributed by atoms with Crippen molar-refractivity contribution in [3.63, 3.8) is 0 Å². The van der Waals surface area contributed by atoms with E-state index >= 15 is 0 Å². The maximum Gasteiger partial charge on any atom is 0.222 e. The molecular weight excluding hydrogens is 408 g/mol. The van der Waals surface area contributed by atoms with Crippen molar-refractivity contribution in [2.24, 2.45) is 5.92 Å². The van der Waals surface area contributed by atoms with Gasteiger partial charge in [-0.3, -0.25) is 0 Å². The van der Waals surface area contributed by atoms with E-state index in [0.29, 0.717) is 0 Å². The normalized spacial score (nSPS) is 17.4. The molecule has 1 aliphatic rings. The average Bonchev–Trinajstić information content (AvgIpc) is 3.22. The molecule has 1 fully saturated rings. The quantitative estimate of drug-likeness (QED) is 0.444. The molecular formula is C27H40N6. The maximum absolute atomic E-state index is 5.00. The van der Waals surface area contributed by atoms with Gasteiger partial charge in [-0.05, 0) is 103 Å². The van der Waals surface area contributed by atoms with Crippen LogP contribution in [-0.4, -0.2) is 51.5 Å². The summed E-state index contributed by atoms with van der Waals surface area (Å²) in [4.78, 5) is 20.6. The zero-order valence-electron chi connectivity index (χ0n) is 21.3. The largest absolute Gasteiger partial charge is 0.354 e. The van der Waals surface area contributed by atoms with Crippen LogP contribution in [0.3, 0.4) is 0 Å². The first-order valence-electron chi connectivity index (χ1n) is 12.5. The molecule has 0 bridgehead atoms. The molecule has 1 unspecified atom stereocenters. The number of H-pyrrole nitrogens is 1. The van der Waals surface area contributed by atoms with E-state index < -0.39 is 0 Å². The minimum absolute atomic E-state index is 0.268. The van der Waals surface area contributed by atoms with Crippen LogP contribution in [0.15, 0.2) is 18.3 Å². The Bertz CT molecular complexity index is 1100. The fourth-order valence-corrected chi connectivity index (χ4v) is 5.25. The highest BCUT2D eigenvalue weighted by Gasteiger charge is 2.33. The maximum atomic E-state index is 5.00. The van der Waals surface area contributed by atoms with Crippen LogP contribution in [0.4, 0.5) is 5.95 Å². The molecule has 0 saturated carbocycles. The summed E-state index contributed by atoms with van der Waals surface area (Å²) in [5.74, 6) is 2.59. The molecule has 6 nitrogen and oxygen atoms in total. The molecule has 0 aliphatic carbocycles. The Kier molecular flexibility index (Phi) is 7.03. The Morgan fingerprint density at radius 3 is 2.61 bits per heavy atom. The molecule has 4 rings (SSSR count). The van der Waals surface area contributed by atoms with Crippen LogP contribution < -0.4 is 5.32 Å². The minimum Gasteiger partial charge on any atom is -0.354 e. The second kappa shape index (κ2) is 9.80. The summed E-state index contributed by atoms with van der Waals surface area (Å²) in [6.45, 7) is 14.2. The predicted octanol–water partition coefficient (Wildman–Crippen LogP) is 5.53. The van der Waals surface area contributed by atoms with Gasteiger partial charge < -0.3 is 15.2 Å². The van der Waals surface area contributed by atoms with Gasteiger partial charge in [0.2, 0.25) is 5.95 Å². The van der Waals surface area contributed by atoms with Crippen molar-refractivity contribution in [3.05, 3.63) is 46.5 Å². The number of likely N-dealkylation sites (tertiary alicyclic amines) is 1. The number of aromatic nitrogens is 4. The van der Waals surface area contributed by atoms with E-state index in [9.17, 15) is 0 Å². The molecule has 1 saturated heterocycles. The average molecular weight is 449 g/mol. The summed E-state index contributed by atoms with van der Waals surface area (Å²) in [6.07, 6.45) is 8.03. The van der Waals surface area contributed by atoms with Gasteiger partial charge in [0.25, 0.3) is 0 Å². The van der Waals surface area contributed by atoms with Crippen LogP contribution >= 0.6 is 0 Å². The molecule has 3 aromatic rings. The first-order chi connectivity index (χ1) is 15.8. The molecule has 2 aromatic heterocycles. The molecule has 0 radical (unpaired) electrons. The highest BCUT2D eigenvalue weighted by Crippen LogP contribution is 2.36. The Morgan fingerprint density at radius 1 is 1.15 bits per heavy atom.